The minimum atomic E-state index is 0.205. The van der Waals surface area contributed by atoms with Gasteiger partial charge in [0.15, 0.2) is 0 Å². The molecule has 3 atom stereocenters. The molecular formula is C21H28NO+. The number of piperidine rings is 1. The summed E-state index contributed by atoms with van der Waals surface area (Å²) < 4.78 is 5.44. The number of quaternary nitrogens is 1. The van der Waals surface area contributed by atoms with Gasteiger partial charge in [-0.15, -0.1) is 0 Å². The molecule has 0 aliphatic carbocycles. The van der Waals surface area contributed by atoms with Crippen molar-refractivity contribution in [2.75, 3.05) is 13.7 Å². The molecule has 2 nitrogen and oxygen atoms in total. The van der Waals surface area contributed by atoms with Crippen molar-refractivity contribution in [3.63, 3.8) is 0 Å². The van der Waals surface area contributed by atoms with Crippen molar-refractivity contribution in [3.8, 4) is 5.75 Å². The van der Waals surface area contributed by atoms with Gasteiger partial charge in [-0.2, -0.15) is 0 Å². The summed E-state index contributed by atoms with van der Waals surface area (Å²) in [6.45, 7) is 7.21. The Morgan fingerprint density at radius 2 is 1.91 bits per heavy atom. The van der Waals surface area contributed by atoms with Crippen LogP contribution in [0.4, 0.5) is 0 Å². The third-order valence-corrected chi connectivity index (χ3v) is 5.77. The molecule has 1 unspecified atom stereocenters. The van der Waals surface area contributed by atoms with Gasteiger partial charge in [0.05, 0.1) is 19.7 Å². The maximum atomic E-state index is 5.44. The van der Waals surface area contributed by atoms with Gasteiger partial charge in [0, 0.05) is 11.0 Å². The average Bonchev–Trinajstić information content (AvgIpc) is 2.60. The van der Waals surface area contributed by atoms with Crippen molar-refractivity contribution in [1.29, 1.82) is 0 Å². The highest BCUT2D eigenvalue weighted by Gasteiger charge is 2.42. The number of rotatable bonds is 4. The number of hydrogen-bond donors (Lipinski definition) is 1. The highest BCUT2D eigenvalue weighted by Crippen LogP contribution is 2.35. The Balaban J connectivity index is 1.84. The van der Waals surface area contributed by atoms with Crippen LogP contribution in [0.5, 0.6) is 5.75 Å². The molecule has 23 heavy (non-hydrogen) atoms. The van der Waals surface area contributed by atoms with Gasteiger partial charge in [-0.3, -0.25) is 0 Å². The number of methoxy groups -OCH3 is 1. The second kappa shape index (κ2) is 6.76. The molecule has 2 heteroatoms. The fourth-order valence-corrected chi connectivity index (χ4v) is 4.04. The molecule has 2 aromatic rings. The first kappa shape index (κ1) is 16.1. The van der Waals surface area contributed by atoms with E-state index < -0.39 is 0 Å². The van der Waals surface area contributed by atoms with Crippen molar-refractivity contribution in [1.82, 2.24) is 0 Å². The van der Waals surface area contributed by atoms with Crippen LogP contribution in [0.3, 0.4) is 0 Å². The summed E-state index contributed by atoms with van der Waals surface area (Å²) in [5.41, 5.74) is 3.05. The summed E-state index contributed by atoms with van der Waals surface area (Å²) in [6, 6.07) is 20.1. The minimum Gasteiger partial charge on any atom is -0.497 e. The minimum absolute atomic E-state index is 0.205. The fourth-order valence-electron chi connectivity index (χ4n) is 4.04. The van der Waals surface area contributed by atoms with E-state index >= 15 is 0 Å². The largest absolute Gasteiger partial charge is 0.497 e. The molecule has 1 aliphatic heterocycles. The number of nitrogens with one attached hydrogen (secondary N) is 1. The molecule has 2 aromatic carbocycles. The van der Waals surface area contributed by atoms with Crippen molar-refractivity contribution < 1.29 is 9.64 Å². The Morgan fingerprint density at radius 3 is 2.65 bits per heavy atom. The second-order valence-electron chi connectivity index (χ2n) is 7.05. The topological polar surface area (TPSA) is 13.7 Å². The van der Waals surface area contributed by atoms with E-state index in [0.717, 1.165) is 12.3 Å². The average molecular weight is 310 g/mol. The van der Waals surface area contributed by atoms with Crippen LogP contribution in [-0.2, 0) is 12.0 Å². The molecule has 3 rings (SSSR count). The Hall–Kier alpha value is -1.80. The van der Waals surface area contributed by atoms with Gasteiger partial charge in [0.2, 0.25) is 0 Å². The van der Waals surface area contributed by atoms with E-state index in [1.165, 1.54) is 30.5 Å². The van der Waals surface area contributed by atoms with Gasteiger partial charge >= 0.3 is 0 Å². The summed E-state index contributed by atoms with van der Waals surface area (Å²) in [5.74, 6) is 0.964. The molecule has 1 fully saturated rings. The van der Waals surface area contributed by atoms with Gasteiger partial charge in [-0.1, -0.05) is 42.5 Å². The standard InChI is InChI=1S/C21H27NO/c1-17-21(2,19-11-7-12-20(15-19)23-3)13-8-14-22(17)16-18-9-5-4-6-10-18/h4-7,9-12,15,17H,8,13-14,16H2,1-3H3/p+1/t17-,21-/m0/s1. The predicted octanol–water partition coefficient (Wildman–Crippen LogP) is 3.22. The van der Waals surface area contributed by atoms with Crippen molar-refractivity contribution in [3.05, 3.63) is 65.7 Å². The zero-order valence-electron chi connectivity index (χ0n) is 14.5. The van der Waals surface area contributed by atoms with Crippen LogP contribution in [0.25, 0.3) is 0 Å². The molecule has 1 aliphatic rings. The molecule has 0 saturated carbocycles. The van der Waals surface area contributed by atoms with Gasteiger partial charge in [0.1, 0.15) is 12.3 Å². The van der Waals surface area contributed by atoms with E-state index in [4.69, 9.17) is 4.74 Å². The quantitative estimate of drug-likeness (QED) is 0.915. The monoisotopic (exact) mass is 310 g/mol. The molecule has 0 bridgehead atoms. The van der Waals surface area contributed by atoms with Crippen LogP contribution in [0.2, 0.25) is 0 Å². The second-order valence-corrected chi connectivity index (χ2v) is 7.05. The van der Waals surface area contributed by atoms with Crippen molar-refractivity contribution >= 4 is 0 Å². The van der Waals surface area contributed by atoms with Gasteiger partial charge in [-0.25, -0.2) is 0 Å². The van der Waals surface area contributed by atoms with E-state index in [2.05, 4.69) is 62.4 Å². The van der Waals surface area contributed by atoms with Crippen LogP contribution in [-0.4, -0.2) is 19.7 Å². The summed E-state index contributed by atoms with van der Waals surface area (Å²) in [7, 11) is 1.75. The fraction of sp³-hybridized carbons (Fsp3) is 0.429. The maximum absolute atomic E-state index is 5.44. The van der Waals surface area contributed by atoms with Crippen LogP contribution in [0.1, 0.15) is 37.8 Å². The lowest BCUT2D eigenvalue weighted by atomic mass is 9.70. The molecular weight excluding hydrogens is 282 g/mol. The first-order chi connectivity index (χ1) is 11.1. The van der Waals surface area contributed by atoms with E-state index in [1.807, 2.05) is 6.07 Å². The zero-order valence-corrected chi connectivity index (χ0v) is 14.5. The molecule has 0 aromatic heterocycles. The maximum Gasteiger partial charge on any atom is 0.119 e. The van der Waals surface area contributed by atoms with Crippen molar-refractivity contribution in [2.24, 2.45) is 0 Å². The van der Waals surface area contributed by atoms with Gasteiger partial charge in [0.25, 0.3) is 0 Å². The first-order valence-electron chi connectivity index (χ1n) is 8.66. The summed E-state index contributed by atoms with van der Waals surface area (Å²) in [5, 5.41) is 0. The summed E-state index contributed by atoms with van der Waals surface area (Å²) in [4.78, 5) is 1.69. The third kappa shape index (κ3) is 3.28. The van der Waals surface area contributed by atoms with Crippen molar-refractivity contribution in [2.45, 2.75) is 44.7 Å². The Bertz CT molecular complexity index is 639. The smallest absolute Gasteiger partial charge is 0.119 e. The lowest BCUT2D eigenvalue weighted by Gasteiger charge is -2.44. The number of ether oxygens (including phenoxy) is 1. The third-order valence-electron chi connectivity index (χ3n) is 5.77. The molecule has 0 amide bonds. The zero-order chi connectivity index (χ0) is 16.3. The van der Waals surface area contributed by atoms with E-state index in [9.17, 15) is 0 Å². The summed E-state index contributed by atoms with van der Waals surface area (Å²) >= 11 is 0. The lowest BCUT2D eigenvalue weighted by Crippen LogP contribution is -3.17. The molecule has 1 saturated heterocycles. The Kier molecular flexibility index (Phi) is 4.72. The Morgan fingerprint density at radius 1 is 1.13 bits per heavy atom. The van der Waals surface area contributed by atoms with E-state index in [1.54, 1.807) is 12.0 Å². The van der Waals surface area contributed by atoms with E-state index in [0.29, 0.717) is 6.04 Å². The van der Waals surface area contributed by atoms with Crippen LogP contribution in [0, 0.1) is 0 Å². The molecule has 1 N–H and O–H groups in total. The van der Waals surface area contributed by atoms with Crippen LogP contribution >= 0.6 is 0 Å². The first-order valence-corrected chi connectivity index (χ1v) is 8.66. The number of hydrogen-bond acceptors (Lipinski definition) is 1. The van der Waals surface area contributed by atoms with E-state index in [-0.39, 0.29) is 5.41 Å². The predicted molar refractivity (Wildman–Crippen MR) is 95.0 cm³/mol. The lowest BCUT2D eigenvalue weighted by molar-refractivity contribution is -0.947. The Labute approximate surface area is 140 Å². The molecule has 0 radical (unpaired) electrons. The summed E-state index contributed by atoms with van der Waals surface area (Å²) in [6.07, 6.45) is 2.53. The SMILES string of the molecule is COc1cccc([C@@]2(C)CCC[NH+](Cc3ccccc3)[C@H]2C)c1. The highest BCUT2D eigenvalue weighted by molar-refractivity contribution is 5.34. The van der Waals surface area contributed by atoms with Crippen LogP contribution < -0.4 is 9.64 Å². The molecule has 0 spiro atoms. The van der Waals surface area contributed by atoms with Gasteiger partial charge in [-0.05, 0) is 44.4 Å². The van der Waals surface area contributed by atoms with Crippen LogP contribution in [0.15, 0.2) is 54.6 Å². The van der Waals surface area contributed by atoms with Gasteiger partial charge < -0.3 is 9.64 Å². The normalized spacial score (nSPS) is 27.6. The highest BCUT2D eigenvalue weighted by atomic mass is 16.5. The molecule has 122 valence electrons. The molecule has 1 heterocycles. The number of benzene rings is 2. The number of likely N-dealkylation sites (tertiary alicyclic amines) is 1.